The summed E-state index contributed by atoms with van der Waals surface area (Å²) in [7, 11) is -2.32. The predicted molar refractivity (Wildman–Crippen MR) is 66.3 cm³/mol. The highest BCUT2D eigenvalue weighted by Gasteiger charge is 2.33. The monoisotopic (exact) mass is 276 g/mol. The van der Waals surface area contributed by atoms with Crippen LogP contribution in [0.25, 0.3) is 0 Å². The lowest BCUT2D eigenvalue weighted by atomic mass is 10.0. The first-order chi connectivity index (χ1) is 8.30. The minimum absolute atomic E-state index is 0.212. The maximum atomic E-state index is 11.5. The highest BCUT2D eigenvalue weighted by molar-refractivity contribution is 7.89. The molecule has 2 N–H and O–H groups in total. The molecule has 18 heavy (non-hydrogen) atoms. The van der Waals surface area contributed by atoms with Gasteiger partial charge in [0.2, 0.25) is 0 Å². The third kappa shape index (κ3) is 2.70. The maximum Gasteiger partial charge on any atom is 0.273 e. The summed E-state index contributed by atoms with van der Waals surface area (Å²) < 4.78 is 29.9. The number of methoxy groups -OCH3 is 1. The number of hydrogen-bond acceptors (Lipinski definition) is 5. The van der Waals surface area contributed by atoms with Gasteiger partial charge in [-0.05, 0) is 19.8 Å². The Hall–Kier alpha value is -0.990. The molecule has 0 bridgehead atoms. The Morgan fingerprint density at radius 2 is 2.00 bits per heavy atom. The Morgan fingerprint density at radius 1 is 1.39 bits per heavy atom. The molecule has 1 atom stereocenters. The van der Waals surface area contributed by atoms with Crippen molar-refractivity contribution in [2.75, 3.05) is 7.11 Å². The van der Waals surface area contributed by atoms with Gasteiger partial charge in [0.15, 0.2) is 5.82 Å². The number of hydrogen-bond donors (Lipinski definition) is 1. The lowest BCUT2D eigenvalue weighted by molar-refractivity contribution is -0.0125. The quantitative estimate of drug-likeness (QED) is 0.820. The van der Waals surface area contributed by atoms with Gasteiger partial charge in [-0.3, -0.25) is 4.57 Å². The van der Waals surface area contributed by atoms with Crippen molar-refractivity contribution < 1.29 is 13.2 Å². The van der Waals surface area contributed by atoms with Crippen LogP contribution in [0.1, 0.15) is 39.4 Å². The van der Waals surface area contributed by atoms with Crippen LogP contribution in [0, 0.1) is 0 Å². The molecular formula is C10H20N4O3S. The molecule has 0 saturated heterocycles. The molecule has 104 valence electrons. The molecule has 1 rings (SSSR count). The van der Waals surface area contributed by atoms with Crippen LogP contribution < -0.4 is 5.14 Å². The summed E-state index contributed by atoms with van der Waals surface area (Å²) in [6.45, 7) is 6.20. The first kappa shape index (κ1) is 15.1. The number of nitrogens with zero attached hydrogens (tertiary/aromatic N) is 3. The van der Waals surface area contributed by atoms with Crippen LogP contribution in [-0.2, 0) is 26.9 Å². The first-order valence-corrected chi connectivity index (χ1v) is 7.36. The second kappa shape index (κ2) is 5.33. The summed E-state index contributed by atoms with van der Waals surface area (Å²) in [5.41, 5.74) is -0.675. The third-order valence-corrected chi connectivity index (χ3v) is 3.83. The summed E-state index contributed by atoms with van der Waals surface area (Å²) in [4.78, 5) is 0. The molecule has 1 aromatic heterocycles. The van der Waals surface area contributed by atoms with E-state index in [0.717, 1.165) is 6.42 Å². The number of sulfonamides is 1. The molecule has 0 amide bonds. The molecule has 0 aromatic carbocycles. The zero-order chi connectivity index (χ0) is 14.0. The molecule has 0 aliphatic rings. The van der Waals surface area contributed by atoms with Crippen molar-refractivity contribution in [1.82, 2.24) is 14.8 Å². The second-order valence-electron chi connectivity index (χ2n) is 4.29. The normalized spacial score (nSPS) is 15.6. The van der Waals surface area contributed by atoms with Crippen molar-refractivity contribution in [2.45, 2.75) is 50.9 Å². The van der Waals surface area contributed by atoms with Crippen LogP contribution in [0.15, 0.2) is 5.16 Å². The van der Waals surface area contributed by atoms with Gasteiger partial charge in [0, 0.05) is 13.7 Å². The molecule has 0 spiro atoms. The lowest BCUT2D eigenvalue weighted by Crippen LogP contribution is -2.29. The Bertz CT molecular complexity index is 505. The van der Waals surface area contributed by atoms with E-state index in [2.05, 4.69) is 10.2 Å². The SMILES string of the molecule is CCCn1c(C(C)(CC)OC)nnc1S(N)(=O)=O. The topological polar surface area (TPSA) is 100 Å². The number of primary sulfonamides is 1. The van der Waals surface area contributed by atoms with E-state index < -0.39 is 15.6 Å². The summed E-state index contributed by atoms with van der Waals surface area (Å²) >= 11 is 0. The number of rotatable bonds is 6. The first-order valence-electron chi connectivity index (χ1n) is 5.81. The highest BCUT2D eigenvalue weighted by atomic mass is 32.2. The highest BCUT2D eigenvalue weighted by Crippen LogP contribution is 2.28. The largest absolute Gasteiger partial charge is 0.371 e. The average molecular weight is 276 g/mol. The van der Waals surface area contributed by atoms with Crippen molar-refractivity contribution in [2.24, 2.45) is 5.14 Å². The summed E-state index contributed by atoms with van der Waals surface area (Å²) in [6.07, 6.45) is 1.40. The molecule has 1 unspecified atom stereocenters. The zero-order valence-electron chi connectivity index (χ0n) is 11.2. The van der Waals surface area contributed by atoms with E-state index in [0.29, 0.717) is 18.8 Å². The minimum Gasteiger partial charge on any atom is -0.371 e. The summed E-state index contributed by atoms with van der Waals surface area (Å²) in [5.74, 6) is 0.485. The molecule has 1 heterocycles. The van der Waals surface area contributed by atoms with E-state index in [-0.39, 0.29) is 5.16 Å². The van der Waals surface area contributed by atoms with E-state index in [1.54, 1.807) is 7.11 Å². The zero-order valence-corrected chi connectivity index (χ0v) is 12.0. The van der Waals surface area contributed by atoms with Crippen molar-refractivity contribution in [3.05, 3.63) is 5.82 Å². The Kier molecular flexibility index (Phi) is 4.46. The lowest BCUT2D eigenvalue weighted by Gasteiger charge is -2.26. The molecule has 0 aliphatic carbocycles. The van der Waals surface area contributed by atoms with Crippen molar-refractivity contribution in [3.63, 3.8) is 0 Å². The van der Waals surface area contributed by atoms with Gasteiger partial charge in [0.1, 0.15) is 5.60 Å². The van der Waals surface area contributed by atoms with Gasteiger partial charge in [-0.25, -0.2) is 13.6 Å². The van der Waals surface area contributed by atoms with Crippen LogP contribution in [0.5, 0.6) is 0 Å². The molecule has 8 heteroatoms. The van der Waals surface area contributed by atoms with Gasteiger partial charge >= 0.3 is 0 Å². The Labute approximate surface area is 107 Å². The second-order valence-corrected chi connectivity index (χ2v) is 5.75. The van der Waals surface area contributed by atoms with Crippen molar-refractivity contribution in [1.29, 1.82) is 0 Å². The van der Waals surface area contributed by atoms with Crippen LogP contribution in [0.4, 0.5) is 0 Å². The van der Waals surface area contributed by atoms with E-state index in [9.17, 15) is 8.42 Å². The van der Waals surface area contributed by atoms with E-state index in [1.807, 2.05) is 20.8 Å². The minimum atomic E-state index is -3.88. The molecule has 0 saturated carbocycles. The van der Waals surface area contributed by atoms with E-state index in [4.69, 9.17) is 9.88 Å². The number of aromatic nitrogens is 3. The molecule has 0 radical (unpaired) electrons. The van der Waals surface area contributed by atoms with Crippen LogP contribution in [0.2, 0.25) is 0 Å². The molecule has 0 aliphatic heterocycles. The van der Waals surface area contributed by atoms with Crippen molar-refractivity contribution >= 4 is 10.0 Å². The molecular weight excluding hydrogens is 256 g/mol. The van der Waals surface area contributed by atoms with Crippen LogP contribution in [0.3, 0.4) is 0 Å². The van der Waals surface area contributed by atoms with Gasteiger partial charge in [0.25, 0.3) is 15.2 Å². The third-order valence-electron chi connectivity index (χ3n) is 3.02. The molecule has 1 aromatic rings. The Balaban J connectivity index is 3.43. The molecule has 0 fully saturated rings. The van der Waals surface area contributed by atoms with Crippen molar-refractivity contribution in [3.8, 4) is 0 Å². The summed E-state index contributed by atoms with van der Waals surface area (Å²) in [6, 6.07) is 0. The fourth-order valence-electron chi connectivity index (χ4n) is 1.71. The average Bonchev–Trinajstić information content (AvgIpc) is 2.73. The van der Waals surface area contributed by atoms with E-state index >= 15 is 0 Å². The standard InChI is InChI=1S/C10H20N4O3S/c1-5-7-14-8(10(3,6-2)17-4)12-13-9(14)18(11,15)16/h5-7H2,1-4H3,(H2,11,15,16). The van der Waals surface area contributed by atoms with Crippen LogP contribution in [-0.4, -0.2) is 30.3 Å². The fourth-order valence-corrected chi connectivity index (χ4v) is 2.35. The van der Waals surface area contributed by atoms with Crippen LogP contribution >= 0.6 is 0 Å². The fraction of sp³-hybridized carbons (Fsp3) is 0.800. The number of nitrogens with two attached hydrogens (primary N) is 1. The van der Waals surface area contributed by atoms with E-state index in [1.165, 1.54) is 4.57 Å². The maximum absolute atomic E-state index is 11.5. The van der Waals surface area contributed by atoms with Gasteiger partial charge in [-0.2, -0.15) is 0 Å². The predicted octanol–water partition coefficient (Wildman–Crippen LogP) is 0.607. The molecule has 7 nitrogen and oxygen atoms in total. The smallest absolute Gasteiger partial charge is 0.273 e. The van der Waals surface area contributed by atoms with Gasteiger partial charge in [-0.1, -0.05) is 13.8 Å². The Morgan fingerprint density at radius 3 is 2.39 bits per heavy atom. The summed E-state index contributed by atoms with van der Waals surface area (Å²) in [5, 5.41) is 12.6. The number of ether oxygens (including phenoxy) is 1. The van der Waals surface area contributed by atoms with Gasteiger partial charge in [0.05, 0.1) is 0 Å². The van der Waals surface area contributed by atoms with Gasteiger partial charge < -0.3 is 4.74 Å². The van der Waals surface area contributed by atoms with Gasteiger partial charge in [-0.15, -0.1) is 10.2 Å².